The van der Waals surface area contributed by atoms with E-state index in [1.54, 1.807) is 25.3 Å². The van der Waals surface area contributed by atoms with E-state index in [0.29, 0.717) is 24.5 Å². The Morgan fingerprint density at radius 2 is 1.75 bits per heavy atom. The van der Waals surface area contributed by atoms with E-state index in [9.17, 15) is 14.7 Å². The van der Waals surface area contributed by atoms with Gasteiger partial charge in [-0.3, -0.25) is 4.79 Å². The number of amides is 1. The molecule has 1 atom stereocenters. The van der Waals surface area contributed by atoms with Gasteiger partial charge in [-0.1, -0.05) is 50.2 Å². The Balaban J connectivity index is 2.04. The molecule has 2 aromatic rings. The minimum Gasteiger partial charge on any atom is -0.493 e. The van der Waals surface area contributed by atoms with Crippen LogP contribution in [0.4, 0.5) is 0 Å². The van der Waals surface area contributed by atoms with Crippen LogP contribution < -0.4 is 14.8 Å². The molecule has 150 valence electrons. The lowest BCUT2D eigenvalue weighted by Crippen LogP contribution is -2.42. The third-order valence-corrected chi connectivity index (χ3v) is 4.17. The van der Waals surface area contributed by atoms with Gasteiger partial charge >= 0.3 is 5.97 Å². The summed E-state index contributed by atoms with van der Waals surface area (Å²) in [5, 5.41) is 11.9. The molecular weight excluding hydrogens is 358 g/mol. The molecule has 6 heteroatoms. The molecule has 0 unspecified atom stereocenters. The number of carbonyl (C=O) groups excluding carboxylic acids is 1. The fourth-order valence-electron chi connectivity index (χ4n) is 2.80. The van der Waals surface area contributed by atoms with Gasteiger partial charge in [-0.25, -0.2) is 4.79 Å². The normalized spacial score (nSPS) is 11.7. The van der Waals surface area contributed by atoms with Gasteiger partial charge in [-0.05, 0) is 35.6 Å². The lowest BCUT2D eigenvalue weighted by atomic mass is 10.0. The third-order valence-electron chi connectivity index (χ3n) is 4.17. The minimum atomic E-state index is -1.02. The molecule has 0 spiro atoms. The van der Waals surface area contributed by atoms with Crippen LogP contribution in [0.1, 0.15) is 31.4 Å². The molecular formula is C22H27NO5. The van der Waals surface area contributed by atoms with Gasteiger partial charge in [0.15, 0.2) is 11.5 Å². The van der Waals surface area contributed by atoms with Gasteiger partial charge in [-0.2, -0.15) is 0 Å². The molecule has 0 saturated carbocycles. The second-order valence-corrected chi connectivity index (χ2v) is 7.02. The smallest absolute Gasteiger partial charge is 0.326 e. The SMILES string of the molecule is COc1ccc(CC(=O)N[C@@H](CC(C)C)C(=O)O)cc1OCc1ccccc1. The van der Waals surface area contributed by atoms with Crippen molar-refractivity contribution in [2.24, 2.45) is 5.92 Å². The molecule has 6 nitrogen and oxygen atoms in total. The first-order chi connectivity index (χ1) is 13.4. The second kappa shape index (κ2) is 10.3. The Morgan fingerprint density at radius 1 is 1.04 bits per heavy atom. The Morgan fingerprint density at radius 3 is 2.36 bits per heavy atom. The number of hydrogen-bond donors (Lipinski definition) is 2. The summed E-state index contributed by atoms with van der Waals surface area (Å²) in [7, 11) is 1.56. The highest BCUT2D eigenvalue weighted by atomic mass is 16.5. The van der Waals surface area contributed by atoms with Gasteiger partial charge in [0.2, 0.25) is 5.91 Å². The standard InChI is InChI=1S/C22H27NO5/c1-15(2)11-18(22(25)26)23-21(24)13-17-9-10-19(27-3)20(12-17)28-14-16-7-5-4-6-8-16/h4-10,12,15,18H,11,13-14H2,1-3H3,(H,23,24)(H,25,26)/t18-/m0/s1. The van der Waals surface area contributed by atoms with Gasteiger partial charge in [0.25, 0.3) is 0 Å². The van der Waals surface area contributed by atoms with Crippen molar-refractivity contribution in [1.82, 2.24) is 5.32 Å². The largest absolute Gasteiger partial charge is 0.493 e. The molecule has 0 saturated heterocycles. The number of carboxylic acid groups (broad SMARTS) is 1. The summed E-state index contributed by atoms with van der Waals surface area (Å²) in [6.45, 7) is 4.21. The first-order valence-corrected chi connectivity index (χ1v) is 9.24. The molecule has 2 rings (SSSR count). The zero-order valence-electron chi connectivity index (χ0n) is 16.5. The Bertz CT molecular complexity index is 789. The van der Waals surface area contributed by atoms with Crippen molar-refractivity contribution >= 4 is 11.9 Å². The molecule has 0 bridgehead atoms. The lowest BCUT2D eigenvalue weighted by Gasteiger charge is -2.17. The molecule has 0 aliphatic carbocycles. The topological polar surface area (TPSA) is 84.9 Å². The van der Waals surface area contributed by atoms with Crippen LogP contribution in [0, 0.1) is 5.92 Å². The van der Waals surface area contributed by atoms with E-state index in [2.05, 4.69) is 5.32 Å². The molecule has 2 N–H and O–H groups in total. The number of hydrogen-bond acceptors (Lipinski definition) is 4. The van der Waals surface area contributed by atoms with Gasteiger partial charge in [0.05, 0.1) is 13.5 Å². The number of benzene rings is 2. The number of nitrogens with one attached hydrogen (secondary N) is 1. The molecule has 0 heterocycles. The summed E-state index contributed by atoms with van der Waals surface area (Å²) >= 11 is 0. The summed E-state index contributed by atoms with van der Waals surface area (Å²) in [4.78, 5) is 23.6. The van der Waals surface area contributed by atoms with Crippen LogP contribution in [0.5, 0.6) is 11.5 Å². The van der Waals surface area contributed by atoms with Crippen LogP contribution >= 0.6 is 0 Å². The molecule has 2 aromatic carbocycles. The molecule has 0 radical (unpaired) electrons. The number of carboxylic acids is 1. The van der Waals surface area contributed by atoms with Crippen molar-refractivity contribution in [2.75, 3.05) is 7.11 Å². The van der Waals surface area contributed by atoms with E-state index >= 15 is 0 Å². The molecule has 0 fully saturated rings. The summed E-state index contributed by atoms with van der Waals surface area (Å²) < 4.78 is 11.2. The number of ether oxygens (including phenoxy) is 2. The van der Waals surface area contributed by atoms with Crippen molar-refractivity contribution in [3.63, 3.8) is 0 Å². The minimum absolute atomic E-state index is 0.0631. The van der Waals surface area contributed by atoms with Crippen molar-refractivity contribution < 1.29 is 24.2 Å². The summed E-state index contributed by atoms with van der Waals surface area (Å²) in [5.74, 6) is -0.0896. The fourth-order valence-corrected chi connectivity index (χ4v) is 2.80. The maximum atomic E-state index is 12.3. The number of aliphatic carboxylic acids is 1. The van der Waals surface area contributed by atoms with E-state index in [-0.39, 0.29) is 18.2 Å². The average Bonchev–Trinajstić information content (AvgIpc) is 2.66. The Labute approximate surface area is 165 Å². The van der Waals surface area contributed by atoms with Gasteiger partial charge < -0.3 is 19.9 Å². The first-order valence-electron chi connectivity index (χ1n) is 9.24. The van der Waals surface area contributed by atoms with Crippen LogP contribution in [0.25, 0.3) is 0 Å². The van der Waals surface area contributed by atoms with Crippen molar-refractivity contribution in [2.45, 2.75) is 39.3 Å². The summed E-state index contributed by atoms with van der Waals surface area (Å²) in [6.07, 6.45) is 0.447. The zero-order valence-corrected chi connectivity index (χ0v) is 16.5. The fraction of sp³-hybridized carbons (Fsp3) is 0.364. The quantitative estimate of drug-likeness (QED) is 0.654. The van der Waals surface area contributed by atoms with Gasteiger partial charge in [0, 0.05) is 0 Å². The zero-order chi connectivity index (χ0) is 20.5. The highest BCUT2D eigenvalue weighted by Gasteiger charge is 2.21. The summed E-state index contributed by atoms with van der Waals surface area (Å²) in [6, 6.07) is 14.1. The van der Waals surface area contributed by atoms with E-state index in [1.165, 1.54) is 0 Å². The third kappa shape index (κ3) is 6.61. The van der Waals surface area contributed by atoms with Gasteiger partial charge in [0.1, 0.15) is 12.6 Å². The molecule has 0 aromatic heterocycles. The van der Waals surface area contributed by atoms with E-state index in [0.717, 1.165) is 11.1 Å². The average molecular weight is 385 g/mol. The number of methoxy groups -OCH3 is 1. The maximum Gasteiger partial charge on any atom is 0.326 e. The van der Waals surface area contributed by atoms with E-state index in [1.807, 2.05) is 44.2 Å². The highest BCUT2D eigenvalue weighted by Crippen LogP contribution is 2.29. The molecule has 28 heavy (non-hydrogen) atoms. The molecule has 0 aliphatic rings. The Kier molecular flexibility index (Phi) is 7.87. The van der Waals surface area contributed by atoms with Gasteiger partial charge in [-0.15, -0.1) is 0 Å². The first kappa shape index (κ1) is 21.3. The van der Waals surface area contributed by atoms with Crippen LogP contribution in [-0.2, 0) is 22.6 Å². The van der Waals surface area contributed by atoms with Crippen LogP contribution in [0.15, 0.2) is 48.5 Å². The molecule has 1 amide bonds. The van der Waals surface area contributed by atoms with Crippen LogP contribution in [0.2, 0.25) is 0 Å². The highest BCUT2D eigenvalue weighted by molar-refractivity contribution is 5.85. The maximum absolute atomic E-state index is 12.3. The number of rotatable bonds is 10. The predicted octanol–water partition coefficient (Wildman–Crippen LogP) is 3.43. The van der Waals surface area contributed by atoms with E-state index < -0.39 is 12.0 Å². The van der Waals surface area contributed by atoms with Crippen LogP contribution in [0.3, 0.4) is 0 Å². The second-order valence-electron chi connectivity index (χ2n) is 7.02. The monoisotopic (exact) mass is 385 g/mol. The van der Waals surface area contributed by atoms with Crippen molar-refractivity contribution in [1.29, 1.82) is 0 Å². The lowest BCUT2D eigenvalue weighted by molar-refractivity contribution is -0.142. The van der Waals surface area contributed by atoms with Crippen LogP contribution in [-0.4, -0.2) is 30.1 Å². The van der Waals surface area contributed by atoms with Crippen molar-refractivity contribution in [3.8, 4) is 11.5 Å². The predicted molar refractivity (Wildman–Crippen MR) is 106 cm³/mol. The molecule has 0 aliphatic heterocycles. The summed E-state index contributed by atoms with van der Waals surface area (Å²) in [5.41, 5.74) is 1.74. The number of carbonyl (C=O) groups is 2. The Hall–Kier alpha value is -3.02. The van der Waals surface area contributed by atoms with E-state index in [4.69, 9.17) is 9.47 Å². The van der Waals surface area contributed by atoms with Crippen molar-refractivity contribution in [3.05, 3.63) is 59.7 Å².